The summed E-state index contributed by atoms with van der Waals surface area (Å²) in [4.78, 5) is 31.8. The lowest BCUT2D eigenvalue weighted by molar-refractivity contribution is -0.164. The van der Waals surface area contributed by atoms with Crippen molar-refractivity contribution in [2.24, 2.45) is 5.92 Å². The molecule has 160 valence electrons. The van der Waals surface area contributed by atoms with Crippen molar-refractivity contribution >= 4 is 17.5 Å². The molecule has 1 N–H and O–H groups in total. The predicted molar refractivity (Wildman–Crippen MR) is 123 cm³/mol. The normalized spacial score (nSPS) is 24.1. The highest BCUT2D eigenvalue weighted by Crippen LogP contribution is 2.48. The van der Waals surface area contributed by atoms with E-state index in [1.807, 2.05) is 53.4 Å². The molecule has 0 bridgehead atoms. The highest BCUT2D eigenvalue weighted by atomic mass is 16.2. The van der Waals surface area contributed by atoms with Crippen LogP contribution in [0.5, 0.6) is 0 Å². The van der Waals surface area contributed by atoms with Crippen molar-refractivity contribution in [3.63, 3.8) is 0 Å². The van der Waals surface area contributed by atoms with Crippen LogP contribution in [0.4, 0.5) is 5.69 Å². The Labute approximate surface area is 187 Å². The van der Waals surface area contributed by atoms with E-state index in [4.69, 9.17) is 0 Å². The van der Waals surface area contributed by atoms with Crippen LogP contribution in [-0.2, 0) is 22.4 Å². The van der Waals surface area contributed by atoms with E-state index in [2.05, 4.69) is 40.5 Å². The standard InChI is InChI=1S/C27H25N3O2/c31-25(28-20-10-2-1-3-11-20)23-24-21-12-6-4-8-18(21)14-16-29(24)26-22-13-7-5-9-19(22)15-17-30(26)27(23)32/h1-13,23-24,26H,14-17H2,(H,28,31). The molecule has 5 heteroatoms. The average Bonchev–Trinajstić information content (AvgIpc) is 2.84. The van der Waals surface area contributed by atoms with Crippen molar-refractivity contribution in [3.05, 3.63) is 101 Å². The Balaban J connectivity index is 1.46. The second-order valence-corrected chi connectivity index (χ2v) is 8.82. The number of anilines is 1. The van der Waals surface area contributed by atoms with Gasteiger partial charge < -0.3 is 10.2 Å². The van der Waals surface area contributed by atoms with Gasteiger partial charge in [-0.15, -0.1) is 0 Å². The van der Waals surface area contributed by atoms with Gasteiger partial charge in [-0.05, 0) is 47.2 Å². The third-order valence-electron chi connectivity index (χ3n) is 7.12. The lowest BCUT2D eigenvalue weighted by atomic mass is 9.78. The zero-order chi connectivity index (χ0) is 21.7. The first-order valence-electron chi connectivity index (χ1n) is 11.3. The van der Waals surface area contributed by atoms with E-state index < -0.39 is 5.92 Å². The van der Waals surface area contributed by atoms with E-state index in [-0.39, 0.29) is 24.0 Å². The molecule has 3 unspecified atom stereocenters. The van der Waals surface area contributed by atoms with Gasteiger partial charge in [-0.25, -0.2) is 0 Å². The minimum absolute atomic E-state index is 0.0733. The van der Waals surface area contributed by atoms with E-state index in [0.29, 0.717) is 12.2 Å². The largest absolute Gasteiger partial charge is 0.325 e. The maximum Gasteiger partial charge on any atom is 0.238 e. The van der Waals surface area contributed by atoms with Gasteiger partial charge in [-0.1, -0.05) is 66.7 Å². The van der Waals surface area contributed by atoms with Crippen LogP contribution in [0.15, 0.2) is 78.9 Å². The second-order valence-electron chi connectivity index (χ2n) is 8.82. The SMILES string of the molecule is O=C(Nc1ccccc1)C1C(=O)N2CCc3ccccc3C2N2CCc3ccccc3C12. The highest BCUT2D eigenvalue weighted by Gasteiger charge is 2.53. The summed E-state index contributed by atoms with van der Waals surface area (Å²) in [5.74, 6) is -1.08. The van der Waals surface area contributed by atoms with Crippen LogP contribution in [-0.4, -0.2) is 34.7 Å². The lowest BCUT2D eigenvalue weighted by Crippen LogP contribution is -2.62. The number of nitrogens with zero attached hydrogens (tertiary/aromatic N) is 2. The molecule has 0 radical (unpaired) electrons. The molecule has 1 fully saturated rings. The Bertz CT molecular complexity index is 1190. The highest BCUT2D eigenvalue weighted by molar-refractivity contribution is 6.08. The number of para-hydroxylation sites is 1. The Hall–Kier alpha value is -3.44. The summed E-state index contributed by atoms with van der Waals surface area (Å²) in [6, 6.07) is 25.8. The molecular weight excluding hydrogens is 398 g/mol. The van der Waals surface area contributed by atoms with Crippen LogP contribution < -0.4 is 5.32 Å². The Morgan fingerprint density at radius 3 is 2.19 bits per heavy atom. The number of benzene rings is 3. The number of hydrogen-bond acceptors (Lipinski definition) is 3. The topological polar surface area (TPSA) is 52.7 Å². The fraction of sp³-hybridized carbons (Fsp3) is 0.259. The van der Waals surface area contributed by atoms with Crippen LogP contribution in [0.25, 0.3) is 0 Å². The first-order valence-corrected chi connectivity index (χ1v) is 11.3. The molecule has 5 nitrogen and oxygen atoms in total. The van der Waals surface area contributed by atoms with Crippen LogP contribution in [0.3, 0.4) is 0 Å². The smallest absolute Gasteiger partial charge is 0.238 e. The fourth-order valence-corrected chi connectivity index (χ4v) is 5.71. The van der Waals surface area contributed by atoms with Gasteiger partial charge in [0.25, 0.3) is 0 Å². The van der Waals surface area contributed by atoms with Gasteiger partial charge in [0.1, 0.15) is 12.1 Å². The van der Waals surface area contributed by atoms with Crippen LogP contribution in [0.1, 0.15) is 34.5 Å². The molecular formula is C27H25N3O2. The van der Waals surface area contributed by atoms with Crippen molar-refractivity contribution in [2.45, 2.75) is 25.0 Å². The Morgan fingerprint density at radius 1 is 0.781 bits per heavy atom. The monoisotopic (exact) mass is 423 g/mol. The molecule has 3 atom stereocenters. The van der Waals surface area contributed by atoms with Gasteiger partial charge in [0.05, 0.1) is 6.04 Å². The van der Waals surface area contributed by atoms with Crippen LogP contribution in [0.2, 0.25) is 0 Å². The third-order valence-corrected chi connectivity index (χ3v) is 7.12. The Kier molecular flexibility index (Phi) is 4.58. The number of amides is 2. The van der Waals surface area contributed by atoms with Crippen molar-refractivity contribution in [1.82, 2.24) is 9.80 Å². The van der Waals surface area contributed by atoms with E-state index in [0.717, 1.165) is 24.9 Å². The molecule has 0 saturated carbocycles. The van der Waals surface area contributed by atoms with Crippen LogP contribution in [0, 0.1) is 5.92 Å². The third kappa shape index (κ3) is 2.96. The number of carbonyl (C=O) groups is 2. The van der Waals surface area contributed by atoms with Gasteiger partial charge >= 0.3 is 0 Å². The summed E-state index contributed by atoms with van der Waals surface area (Å²) in [6.45, 7) is 1.46. The summed E-state index contributed by atoms with van der Waals surface area (Å²) in [6.07, 6.45) is 1.62. The predicted octanol–water partition coefficient (Wildman–Crippen LogP) is 3.94. The van der Waals surface area contributed by atoms with Crippen molar-refractivity contribution in [3.8, 4) is 0 Å². The summed E-state index contributed by atoms with van der Waals surface area (Å²) in [5, 5.41) is 3.01. The molecule has 3 heterocycles. The maximum absolute atomic E-state index is 13.9. The Morgan fingerprint density at radius 2 is 1.41 bits per heavy atom. The van der Waals surface area contributed by atoms with Crippen molar-refractivity contribution in [1.29, 1.82) is 0 Å². The molecule has 0 aromatic heterocycles. The molecule has 1 saturated heterocycles. The first kappa shape index (κ1) is 19.3. The summed E-state index contributed by atoms with van der Waals surface area (Å²) < 4.78 is 0. The minimum atomic E-state index is -0.779. The van der Waals surface area contributed by atoms with Crippen molar-refractivity contribution < 1.29 is 9.59 Å². The van der Waals surface area contributed by atoms with Gasteiger partial charge in [0.15, 0.2) is 0 Å². The number of rotatable bonds is 2. The van der Waals surface area contributed by atoms with E-state index in [1.54, 1.807) is 0 Å². The van der Waals surface area contributed by atoms with Crippen LogP contribution >= 0.6 is 0 Å². The maximum atomic E-state index is 13.9. The van der Waals surface area contributed by atoms with Gasteiger partial charge in [0.2, 0.25) is 11.8 Å². The minimum Gasteiger partial charge on any atom is -0.325 e. The molecule has 3 aromatic carbocycles. The van der Waals surface area contributed by atoms with Gasteiger partial charge in [0, 0.05) is 18.8 Å². The number of fused-ring (bicyclic) bond motifs is 7. The number of hydrogen-bond donors (Lipinski definition) is 1. The molecule has 3 aliphatic heterocycles. The molecule has 6 rings (SSSR count). The van der Waals surface area contributed by atoms with Crippen molar-refractivity contribution in [2.75, 3.05) is 18.4 Å². The molecule has 0 aliphatic carbocycles. The molecule has 0 spiro atoms. The molecule has 2 amide bonds. The zero-order valence-corrected chi connectivity index (χ0v) is 17.8. The first-order chi connectivity index (χ1) is 15.7. The summed E-state index contributed by atoms with van der Waals surface area (Å²) >= 11 is 0. The number of nitrogens with one attached hydrogen (secondary N) is 1. The quantitative estimate of drug-likeness (QED) is 0.636. The summed E-state index contributed by atoms with van der Waals surface area (Å²) in [7, 11) is 0. The van der Waals surface area contributed by atoms with E-state index in [1.165, 1.54) is 16.7 Å². The molecule has 3 aliphatic rings. The lowest BCUT2D eigenvalue weighted by Gasteiger charge is -2.55. The molecule has 32 heavy (non-hydrogen) atoms. The van der Waals surface area contributed by atoms with Gasteiger partial charge in [-0.2, -0.15) is 0 Å². The van der Waals surface area contributed by atoms with Gasteiger partial charge in [-0.3, -0.25) is 14.5 Å². The zero-order valence-electron chi connectivity index (χ0n) is 17.8. The number of carbonyl (C=O) groups excluding carboxylic acids is 2. The summed E-state index contributed by atoms with van der Waals surface area (Å²) in [5.41, 5.74) is 5.54. The fourth-order valence-electron chi connectivity index (χ4n) is 5.71. The van der Waals surface area contributed by atoms with E-state index in [9.17, 15) is 9.59 Å². The molecule has 3 aromatic rings. The second kappa shape index (κ2) is 7.61. The average molecular weight is 424 g/mol. The van der Waals surface area contributed by atoms with E-state index >= 15 is 0 Å².